The van der Waals surface area contributed by atoms with Gasteiger partial charge >= 0.3 is 0 Å². The molecule has 0 amide bonds. The first kappa shape index (κ1) is 12.9. The molecule has 0 aromatic carbocycles. The van der Waals surface area contributed by atoms with Crippen LogP contribution in [0.15, 0.2) is 11.6 Å². The van der Waals surface area contributed by atoms with Crippen LogP contribution in [0.3, 0.4) is 0 Å². The summed E-state index contributed by atoms with van der Waals surface area (Å²) in [5, 5.41) is 0. The predicted molar refractivity (Wildman–Crippen MR) is 71.8 cm³/mol. The maximum Gasteiger partial charge on any atom is 0.162 e. The number of carbonyl (C=O) groups excluding carboxylic acids is 1. The van der Waals surface area contributed by atoms with Crippen molar-refractivity contribution in [3.63, 3.8) is 0 Å². The Labute approximate surface area is 106 Å². The first-order valence-electron chi connectivity index (χ1n) is 7.12. The molecule has 0 aliphatic heterocycles. The van der Waals surface area contributed by atoms with Crippen LogP contribution >= 0.6 is 0 Å². The number of rotatable bonds is 2. The summed E-state index contributed by atoms with van der Waals surface area (Å²) in [4.78, 5) is 12.6. The van der Waals surface area contributed by atoms with Gasteiger partial charge in [-0.15, -0.1) is 0 Å². The van der Waals surface area contributed by atoms with Crippen molar-refractivity contribution in [2.24, 2.45) is 16.7 Å². The van der Waals surface area contributed by atoms with Gasteiger partial charge in [0.2, 0.25) is 0 Å². The molecule has 1 nitrogen and oxygen atoms in total. The van der Waals surface area contributed by atoms with E-state index in [1.807, 2.05) is 0 Å². The third-order valence-corrected chi connectivity index (χ3v) is 5.39. The zero-order valence-corrected chi connectivity index (χ0v) is 11.8. The molecule has 0 saturated heterocycles. The second kappa shape index (κ2) is 4.26. The van der Waals surface area contributed by atoms with Gasteiger partial charge in [0.25, 0.3) is 0 Å². The maximum atomic E-state index is 12.6. The van der Waals surface area contributed by atoms with Crippen LogP contribution in [-0.2, 0) is 4.79 Å². The minimum Gasteiger partial charge on any atom is -0.294 e. The lowest BCUT2D eigenvalue weighted by Crippen LogP contribution is -2.11. The standard InChI is InChI=1S/C16H26O/c1-15(2)14(16(15,3)4)13(17)12-10-8-6-5-7-9-11-12/h10,14H,5-9,11H2,1-4H3. The highest BCUT2D eigenvalue weighted by Crippen LogP contribution is 2.69. The van der Waals surface area contributed by atoms with Gasteiger partial charge in [-0.3, -0.25) is 4.79 Å². The predicted octanol–water partition coefficient (Wildman–Crippen LogP) is 4.52. The molecule has 0 heterocycles. The molecule has 0 aromatic rings. The molecule has 2 aliphatic rings. The van der Waals surface area contributed by atoms with Gasteiger partial charge in [0, 0.05) is 5.92 Å². The van der Waals surface area contributed by atoms with E-state index in [0.29, 0.717) is 5.78 Å². The molecule has 2 rings (SSSR count). The molecule has 1 fully saturated rings. The molecule has 0 bridgehead atoms. The monoisotopic (exact) mass is 234 g/mol. The molecule has 0 radical (unpaired) electrons. The fourth-order valence-corrected chi connectivity index (χ4v) is 3.45. The minimum atomic E-state index is 0.188. The number of ketones is 1. The second-order valence-electron chi connectivity index (χ2n) is 6.92. The van der Waals surface area contributed by atoms with Crippen LogP contribution in [0.2, 0.25) is 0 Å². The van der Waals surface area contributed by atoms with Crippen LogP contribution in [-0.4, -0.2) is 5.78 Å². The Hall–Kier alpha value is -0.590. The van der Waals surface area contributed by atoms with Crippen LogP contribution in [0, 0.1) is 16.7 Å². The highest BCUT2D eigenvalue weighted by Gasteiger charge is 2.67. The van der Waals surface area contributed by atoms with Crippen LogP contribution in [0.5, 0.6) is 0 Å². The summed E-state index contributed by atoms with van der Waals surface area (Å²) in [6.07, 6.45) is 9.43. The summed E-state index contributed by atoms with van der Waals surface area (Å²) in [6.45, 7) is 8.94. The molecule has 1 saturated carbocycles. The van der Waals surface area contributed by atoms with Crippen molar-refractivity contribution in [3.8, 4) is 0 Å². The van der Waals surface area contributed by atoms with Gasteiger partial charge < -0.3 is 0 Å². The van der Waals surface area contributed by atoms with E-state index >= 15 is 0 Å². The molecule has 0 aromatic heterocycles. The van der Waals surface area contributed by atoms with E-state index in [9.17, 15) is 4.79 Å². The highest BCUT2D eigenvalue weighted by molar-refractivity contribution is 6.00. The van der Waals surface area contributed by atoms with E-state index in [1.165, 1.54) is 25.7 Å². The van der Waals surface area contributed by atoms with Crippen molar-refractivity contribution in [1.82, 2.24) is 0 Å². The summed E-state index contributed by atoms with van der Waals surface area (Å²) >= 11 is 0. The van der Waals surface area contributed by atoms with Gasteiger partial charge in [0.15, 0.2) is 5.78 Å². The maximum absolute atomic E-state index is 12.6. The number of hydrogen-bond acceptors (Lipinski definition) is 1. The SMILES string of the molecule is CC1(C)C(C(=O)C2=CCCCCCC2)C1(C)C. The van der Waals surface area contributed by atoms with Crippen molar-refractivity contribution in [2.45, 2.75) is 66.2 Å². The molecule has 0 atom stereocenters. The molecular formula is C16H26O. The van der Waals surface area contributed by atoms with E-state index < -0.39 is 0 Å². The van der Waals surface area contributed by atoms with E-state index in [4.69, 9.17) is 0 Å². The van der Waals surface area contributed by atoms with Gasteiger partial charge in [-0.05, 0) is 42.1 Å². The Morgan fingerprint density at radius 2 is 1.65 bits per heavy atom. The van der Waals surface area contributed by atoms with Gasteiger partial charge in [-0.1, -0.05) is 46.6 Å². The first-order valence-corrected chi connectivity index (χ1v) is 7.12. The summed E-state index contributed by atoms with van der Waals surface area (Å²) < 4.78 is 0. The highest BCUT2D eigenvalue weighted by atomic mass is 16.1. The first-order chi connectivity index (χ1) is 7.89. The Balaban J connectivity index is 2.10. The molecule has 96 valence electrons. The van der Waals surface area contributed by atoms with E-state index in [-0.39, 0.29) is 16.7 Å². The lowest BCUT2D eigenvalue weighted by molar-refractivity contribution is -0.118. The third-order valence-electron chi connectivity index (χ3n) is 5.39. The van der Waals surface area contributed by atoms with Crippen molar-refractivity contribution in [2.75, 3.05) is 0 Å². The Morgan fingerprint density at radius 3 is 2.24 bits per heavy atom. The summed E-state index contributed by atoms with van der Waals surface area (Å²) in [5.74, 6) is 0.697. The van der Waals surface area contributed by atoms with Gasteiger partial charge in [-0.25, -0.2) is 0 Å². The number of allylic oxidation sites excluding steroid dienone is 2. The fourth-order valence-electron chi connectivity index (χ4n) is 3.45. The summed E-state index contributed by atoms with van der Waals surface area (Å²) in [6, 6.07) is 0. The Morgan fingerprint density at radius 1 is 1.06 bits per heavy atom. The molecule has 0 spiro atoms. The van der Waals surface area contributed by atoms with Crippen LogP contribution in [0.25, 0.3) is 0 Å². The topological polar surface area (TPSA) is 17.1 Å². The minimum absolute atomic E-state index is 0.188. The van der Waals surface area contributed by atoms with Gasteiger partial charge in [-0.2, -0.15) is 0 Å². The number of hydrogen-bond donors (Lipinski definition) is 0. The Bertz CT molecular complexity index is 333. The van der Waals surface area contributed by atoms with Crippen molar-refractivity contribution < 1.29 is 4.79 Å². The molecule has 0 unspecified atom stereocenters. The van der Waals surface area contributed by atoms with Crippen LogP contribution in [0.1, 0.15) is 66.2 Å². The zero-order chi connectivity index (χ0) is 12.7. The van der Waals surface area contributed by atoms with Crippen molar-refractivity contribution in [1.29, 1.82) is 0 Å². The average Bonchev–Trinajstić information content (AvgIpc) is 2.55. The zero-order valence-electron chi connectivity index (χ0n) is 11.8. The molecule has 1 heteroatoms. The van der Waals surface area contributed by atoms with E-state index in [2.05, 4.69) is 33.8 Å². The number of Topliss-reactive ketones (excluding diaryl/α,β-unsaturated/α-hetero) is 1. The second-order valence-corrected chi connectivity index (χ2v) is 6.92. The molecule has 0 N–H and O–H groups in total. The van der Waals surface area contributed by atoms with Crippen molar-refractivity contribution >= 4 is 5.78 Å². The largest absolute Gasteiger partial charge is 0.294 e. The van der Waals surface area contributed by atoms with Crippen LogP contribution in [0.4, 0.5) is 0 Å². The third kappa shape index (κ3) is 2.09. The lowest BCUT2D eigenvalue weighted by atomic mass is 9.93. The smallest absolute Gasteiger partial charge is 0.162 e. The van der Waals surface area contributed by atoms with Crippen molar-refractivity contribution in [3.05, 3.63) is 11.6 Å². The van der Waals surface area contributed by atoms with Gasteiger partial charge in [0.1, 0.15) is 0 Å². The van der Waals surface area contributed by atoms with Crippen LogP contribution < -0.4 is 0 Å². The fraction of sp³-hybridized carbons (Fsp3) is 0.812. The average molecular weight is 234 g/mol. The quantitative estimate of drug-likeness (QED) is 0.686. The summed E-state index contributed by atoms with van der Waals surface area (Å²) in [7, 11) is 0. The molecular weight excluding hydrogens is 208 g/mol. The lowest BCUT2D eigenvalue weighted by Gasteiger charge is -2.11. The normalized spacial score (nSPS) is 27.9. The Kier molecular flexibility index (Phi) is 3.22. The van der Waals surface area contributed by atoms with Gasteiger partial charge in [0.05, 0.1) is 0 Å². The molecule has 2 aliphatic carbocycles. The van der Waals surface area contributed by atoms with E-state index in [0.717, 1.165) is 18.4 Å². The number of carbonyl (C=O) groups is 1. The van der Waals surface area contributed by atoms with E-state index in [1.54, 1.807) is 0 Å². The molecule has 17 heavy (non-hydrogen) atoms. The summed E-state index contributed by atoms with van der Waals surface area (Å²) in [5.41, 5.74) is 1.51.